The third kappa shape index (κ3) is 2.57. The predicted octanol–water partition coefficient (Wildman–Crippen LogP) is 0.0541. The molecule has 0 spiro atoms. The average molecular weight is 232 g/mol. The van der Waals surface area contributed by atoms with E-state index in [9.17, 15) is 4.79 Å². The number of hydrogen-bond acceptors (Lipinski definition) is 5. The van der Waals surface area contributed by atoms with Crippen molar-refractivity contribution in [3.8, 4) is 0 Å². The molecule has 7 nitrogen and oxygen atoms in total. The number of amides is 1. The van der Waals surface area contributed by atoms with Gasteiger partial charge in [0.25, 0.3) is 5.91 Å². The zero-order chi connectivity index (χ0) is 12.3. The minimum atomic E-state index is -0.231. The van der Waals surface area contributed by atoms with Gasteiger partial charge in [0.15, 0.2) is 0 Å². The van der Waals surface area contributed by atoms with Crippen molar-refractivity contribution in [3.63, 3.8) is 0 Å². The van der Waals surface area contributed by atoms with E-state index in [1.807, 2.05) is 0 Å². The van der Waals surface area contributed by atoms with Crippen LogP contribution in [-0.4, -0.2) is 38.0 Å². The topological polar surface area (TPSA) is 101 Å². The maximum Gasteiger partial charge on any atom is 0.274 e. The summed E-state index contributed by atoms with van der Waals surface area (Å²) in [6.07, 6.45) is 6.18. The van der Waals surface area contributed by atoms with Crippen LogP contribution in [0.3, 0.4) is 0 Å². The van der Waals surface area contributed by atoms with Crippen molar-refractivity contribution in [2.75, 3.05) is 12.8 Å². The highest BCUT2D eigenvalue weighted by atomic mass is 16.2. The van der Waals surface area contributed by atoms with Crippen LogP contribution in [0.25, 0.3) is 0 Å². The number of anilines is 1. The molecule has 0 aliphatic carbocycles. The smallest absolute Gasteiger partial charge is 0.274 e. The third-order valence-electron chi connectivity index (χ3n) is 2.19. The summed E-state index contributed by atoms with van der Waals surface area (Å²) in [6, 6.07) is 0. The molecule has 88 valence electrons. The van der Waals surface area contributed by atoms with Gasteiger partial charge in [-0.2, -0.15) is 5.10 Å². The highest BCUT2D eigenvalue weighted by molar-refractivity contribution is 5.92. The molecule has 0 bridgehead atoms. The molecule has 2 aromatic heterocycles. The summed E-state index contributed by atoms with van der Waals surface area (Å²) >= 11 is 0. The van der Waals surface area contributed by atoms with Crippen LogP contribution in [0.15, 0.2) is 24.8 Å². The van der Waals surface area contributed by atoms with Gasteiger partial charge < -0.3 is 10.6 Å². The number of carbonyl (C=O) groups is 1. The van der Waals surface area contributed by atoms with Gasteiger partial charge in [-0.05, 0) is 0 Å². The van der Waals surface area contributed by atoms with Crippen LogP contribution in [0.2, 0.25) is 0 Å². The standard InChI is InChI=1S/C10H12N6O/c1-16(6-7-2-13-14-3-7)10(17)8-4-12-5-9(11)15-8/h2-5H,6H2,1H3,(H2,11,15)(H,13,14). The molecule has 2 aromatic rings. The molecule has 7 heteroatoms. The van der Waals surface area contributed by atoms with E-state index in [-0.39, 0.29) is 17.4 Å². The number of nitrogens with one attached hydrogen (secondary N) is 1. The van der Waals surface area contributed by atoms with E-state index < -0.39 is 0 Å². The number of hydrogen-bond donors (Lipinski definition) is 2. The first-order valence-corrected chi connectivity index (χ1v) is 4.97. The zero-order valence-electron chi connectivity index (χ0n) is 9.29. The Morgan fingerprint density at radius 1 is 1.47 bits per heavy atom. The Bertz CT molecular complexity index is 509. The van der Waals surface area contributed by atoms with Crippen LogP contribution >= 0.6 is 0 Å². The maximum absolute atomic E-state index is 12.0. The van der Waals surface area contributed by atoms with Crippen molar-refractivity contribution in [2.45, 2.75) is 6.54 Å². The number of rotatable bonds is 3. The Balaban J connectivity index is 2.09. The minimum absolute atomic E-state index is 0.229. The summed E-state index contributed by atoms with van der Waals surface area (Å²) in [5.41, 5.74) is 6.62. The lowest BCUT2D eigenvalue weighted by Crippen LogP contribution is -2.27. The number of nitrogen functional groups attached to an aromatic ring is 1. The number of nitrogens with two attached hydrogens (primary N) is 1. The molecule has 17 heavy (non-hydrogen) atoms. The van der Waals surface area contributed by atoms with E-state index in [0.717, 1.165) is 5.56 Å². The fourth-order valence-electron chi connectivity index (χ4n) is 1.39. The van der Waals surface area contributed by atoms with E-state index in [4.69, 9.17) is 5.73 Å². The molecule has 0 unspecified atom stereocenters. The van der Waals surface area contributed by atoms with Gasteiger partial charge >= 0.3 is 0 Å². The van der Waals surface area contributed by atoms with Gasteiger partial charge in [0.05, 0.1) is 18.6 Å². The summed E-state index contributed by atoms with van der Waals surface area (Å²) in [4.78, 5) is 21.2. The number of nitrogens with zero attached hydrogens (tertiary/aromatic N) is 4. The summed E-state index contributed by atoms with van der Waals surface area (Å²) in [5, 5.41) is 6.50. The van der Waals surface area contributed by atoms with Gasteiger partial charge in [-0.15, -0.1) is 0 Å². The summed E-state index contributed by atoms with van der Waals surface area (Å²) in [5.74, 6) is -0.00133. The van der Waals surface area contributed by atoms with E-state index in [1.165, 1.54) is 17.3 Å². The van der Waals surface area contributed by atoms with Crippen LogP contribution in [0, 0.1) is 0 Å². The average Bonchev–Trinajstić information content (AvgIpc) is 2.80. The number of H-pyrrole nitrogens is 1. The zero-order valence-corrected chi connectivity index (χ0v) is 9.29. The van der Waals surface area contributed by atoms with Gasteiger partial charge in [0, 0.05) is 25.4 Å². The van der Waals surface area contributed by atoms with Crippen molar-refractivity contribution in [1.29, 1.82) is 0 Å². The molecule has 0 saturated heterocycles. The lowest BCUT2D eigenvalue weighted by atomic mass is 10.3. The second-order valence-corrected chi connectivity index (χ2v) is 3.60. The Hall–Kier alpha value is -2.44. The SMILES string of the molecule is CN(Cc1cn[nH]c1)C(=O)c1cncc(N)n1. The van der Waals surface area contributed by atoms with Gasteiger partial charge in [0.1, 0.15) is 11.5 Å². The van der Waals surface area contributed by atoms with Crippen molar-refractivity contribution < 1.29 is 4.79 Å². The summed E-state index contributed by atoms with van der Waals surface area (Å²) in [7, 11) is 1.68. The van der Waals surface area contributed by atoms with Crippen molar-refractivity contribution in [1.82, 2.24) is 25.1 Å². The van der Waals surface area contributed by atoms with Crippen LogP contribution in [0.5, 0.6) is 0 Å². The molecular formula is C10H12N6O. The molecule has 2 rings (SSSR count). The maximum atomic E-state index is 12.0. The lowest BCUT2D eigenvalue weighted by Gasteiger charge is -2.15. The lowest BCUT2D eigenvalue weighted by molar-refractivity contribution is 0.0779. The van der Waals surface area contributed by atoms with Crippen LogP contribution < -0.4 is 5.73 Å². The van der Waals surface area contributed by atoms with Gasteiger partial charge in [-0.3, -0.25) is 14.9 Å². The number of aromatic amines is 1. The third-order valence-corrected chi connectivity index (χ3v) is 2.19. The first kappa shape index (κ1) is 11.1. The molecule has 1 amide bonds. The molecule has 0 fully saturated rings. The first-order valence-electron chi connectivity index (χ1n) is 4.97. The molecule has 0 aliphatic rings. The van der Waals surface area contributed by atoms with E-state index in [1.54, 1.807) is 19.4 Å². The van der Waals surface area contributed by atoms with Gasteiger partial charge in [-0.1, -0.05) is 0 Å². The molecule has 0 saturated carbocycles. The summed E-state index contributed by atoms with van der Waals surface area (Å²) < 4.78 is 0. The number of carbonyl (C=O) groups excluding carboxylic acids is 1. The Morgan fingerprint density at radius 3 is 2.94 bits per heavy atom. The molecule has 2 heterocycles. The Morgan fingerprint density at radius 2 is 2.29 bits per heavy atom. The molecule has 3 N–H and O–H groups in total. The molecular weight excluding hydrogens is 220 g/mol. The predicted molar refractivity (Wildman–Crippen MR) is 60.8 cm³/mol. The van der Waals surface area contributed by atoms with Crippen molar-refractivity contribution in [2.24, 2.45) is 0 Å². The van der Waals surface area contributed by atoms with E-state index in [0.29, 0.717) is 6.54 Å². The second kappa shape index (κ2) is 4.60. The van der Waals surface area contributed by atoms with Crippen molar-refractivity contribution in [3.05, 3.63) is 36.0 Å². The first-order chi connectivity index (χ1) is 8.16. The number of aromatic nitrogens is 4. The van der Waals surface area contributed by atoms with Crippen LogP contribution in [0.1, 0.15) is 16.1 Å². The highest BCUT2D eigenvalue weighted by Gasteiger charge is 2.14. The molecule has 0 aromatic carbocycles. The fraction of sp³-hybridized carbons (Fsp3) is 0.200. The second-order valence-electron chi connectivity index (χ2n) is 3.60. The summed E-state index contributed by atoms with van der Waals surface area (Å²) in [6.45, 7) is 0.450. The fourth-order valence-corrected chi connectivity index (χ4v) is 1.39. The van der Waals surface area contributed by atoms with Crippen LogP contribution in [0.4, 0.5) is 5.82 Å². The minimum Gasteiger partial charge on any atom is -0.382 e. The van der Waals surface area contributed by atoms with Gasteiger partial charge in [-0.25, -0.2) is 4.98 Å². The van der Waals surface area contributed by atoms with Crippen LogP contribution in [-0.2, 0) is 6.54 Å². The van der Waals surface area contributed by atoms with Crippen molar-refractivity contribution >= 4 is 11.7 Å². The van der Waals surface area contributed by atoms with Gasteiger partial charge in [0.2, 0.25) is 0 Å². The Kier molecular flexibility index (Phi) is 2.99. The highest BCUT2D eigenvalue weighted by Crippen LogP contribution is 2.05. The molecule has 0 atom stereocenters. The Labute approximate surface area is 97.7 Å². The van der Waals surface area contributed by atoms with E-state index in [2.05, 4.69) is 20.2 Å². The van der Waals surface area contributed by atoms with E-state index >= 15 is 0 Å². The monoisotopic (exact) mass is 232 g/mol. The quantitative estimate of drug-likeness (QED) is 0.778. The molecule has 0 aliphatic heterocycles. The normalized spacial score (nSPS) is 10.2. The largest absolute Gasteiger partial charge is 0.382 e. The molecule has 0 radical (unpaired) electrons.